The Labute approximate surface area is 69.8 Å². The molecule has 0 spiro atoms. The number of rotatable bonds is 1. The van der Waals surface area contributed by atoms with E-state index in [1.165, 1.54) is 45.2 Å². The van der Waals surface area contributed by atoms with Crippen LogP contribution in [0.4, 0.5) is 0 Å². The second-order valence-electron chi connectivity index (χ2n) is 4.35. The third-order valence-corrected chi connectivity index (χ3v) is 3.18. The highest BCUT2D eigenvalue weighted by molar-refractivity contribution is 4.84. The minimum absolute atomic E-state index is 0.972. The van der Waals surface area contributed by atoms with Crippen molar-refractivity contribution < 1.29 is 0 Å². The van der Waals surface area contributed by atoms with Crippen LogP contribution in [0.3, 0.4) is 0 Å². The van der Waals surface area contributed by atoms with Gasteiger partial charge in [0, 0.05) is 19.1 Å². The fourth-order valence-corrected chi connectivity index (χ4v) is 2.49. The molecular formula is C10H19N. The lowest BCUT2D eigenvalue weighted by Gasteiger charge is -2.44. The fraction of sp³-hybridized carbons (Fsp3) is 1.00. The Morgan fingerprint density at radius 1 is 1.00 bits per heavy atom. The van der Waals surface area contributed by atoms with Crippen molar-refractivity contribution >= 4 is 0 Å². The van der Waals surface area contributed by atoms with Gasteiger partial charge in [0.2, 0.25) is 0 Å². The monoisotopic (exact) mass is 153 g/mol. The van der Waals surface area contributed by atoms with Crippen LogP contribution in [-0.2, 0) is 0 Å². The summed E-state index contributed by atoms with van der Waals surface area (Å²) in [6.45, 7) is 5.12. The minimum atomic E-state index is 0.972. The number of hydrogen-bond acceptors (Lipinski definition) is 1. The van der Waals surface area contributed by atoms with Gasteiger partial charge in [-0.05, 0) is 18.8 Å². The van der Waals surface area contributed by atoms with E-state index in [-0.39, 0.29) is 0 Å². The predicted molar refractivity (Wildman–Crippen MR) is 47.6 cm³/mol. The summed E-state index contributed by atoms with van der Waals surface area (Å²) in [5, 5.41) is 0. The van der Waals surface area contributed by atoms with Crippen LogP contribution in [0.1, 0.15) is 39.0 Å². The Kier molecular flexibility index (Phi) is 2.17. The van der Waals surface area contributed by atoms with Crippen molar-refractivity contribution in [1.82, 2.24) is 4.90 Å². The van der Waals surface area contributed by atoms with Crippen molar-refractivity contribution in [1.29, 1.82) is 0 Å². The molecule has 1 heterocycles. The van der Waals surface area contributed by atoms with Crippen molar-refractivity contribution in [3.05, 3.63) is 0 Å². The zero-order valence-electron chi connectivity index (χ0n) is 7.55. The molecule has 1 saturated heterocycles. The summed E-state index contributed by atoms with van der Waals surface area (Å²) >= 11 is 0. The Balaban J connectivity index is 1.76. The topological polar surface area (TPSA) is 3.24 Å². The molecule has 2 fully saturated rings. The lowest BCUT2D eigenvalue weighted by atomic mass is 9.90. The van der Waals surface area contributed by atoms with Crippen molar-refractivity contribution in [3.8, 4) is 0 Å². The lowest BCUT2D eigenvalue weighted by Crippen LogP contribution is -2.51. The van der Waals surface area contributed by atoms with E-state index in [1.807, 2.05) is 0 Å². The van der Waals surface area contributed by atoms with Gasteiger partial charge in [0.05, 0.1) is 0 Å². The Morgan fingerprint density at radius 2 is 1.64 bits per heavy atom. The normalized spacial score (nSPS) is 30.3. The molecule has 0 aromatic heterocycles. The van der Waals surface area contributed by atoms with E-state index < -0.39 is 0 Å². The minimum Gasteiger partial charge on any atom is -0.300 e. The maximum atomic E-state index is 2.68. The molecule has 2 rings (SSSR count). The van der Waals surface area contributed by atoms with E-state index in [4.69, 9.17) is 0 Å². The summed E-state index contributed by atoms with van der Waals surface area (Å²) in [6, 6.07) is 0.972. The molecule has 0 radical (unpaired) electrons. The molecule has 1 nitrogen and oxygen atoms in total. The van der Waals surface area contributed by atoms with Crippen LogP contribution in [-0.4, -0.2) is 24.0 Å². The standard InChI is InChI=1S/C10H19N/c1-9-7-11(8-9)10-5-3-2-4-6-10/h9-10H,2-8H2,1H3. The maximum Gasteiger partial charge on any atom is 0.00955 e. The van der Waals surface area contributed by atoms with Crippen LogP contribution in [0.5, 0.6) is 0 Å². The quantitative estimate of drug-likeness (QED) is 0.558. The molecule has 1 heteroatoms. The molecule has 0 aromatic rings. The molecule has 1 aliphatic carbocycles. The third kappa shape index (κ3) is 1.58. The van der Waals surface area contributed by atoms with Gasteiger partial charge in [-0.15, -0.1) is 0 Å². The molecule has 0 atom stereocenters. The van der Waals surface area contributed by atoms with E-state index in [0.717, 1.165) is 12.0 Å². The summed E-state index contributed by atoms with van der Waals surface area (Å²) in [7, 11) is 0. The highest BCUT2D eigenvalue weighted by Crippen LogP contribution is 2.27. The molecule has 0 N–H and O–H groups in total. The zero-order chi connectivity index (χ0) is 7.68. The van der Waals surface area contributed by atoms with Gasteiger partial charge in [0.15, 0.2) is 0 Å². The predicted octanol–water partition coefficient (Wildman–Crippen LogP) is 2.27. The van der Waals surface area contributed by atoms with Gasteiger partial charge in [-0.2, -0.15) is 0 Å². The molecule has 0 bridgehead atoms. The fourth-order valence-electron chi connectivity index (χ4n) is 2.49. The van der Waals surface area contributed by atoms with Crippen molar-refractivity contribution in [2.75, 3.05) is 13.1 Å². The van der Waals surface area contributed by atoms with E-state index >= 15 is 0 Å². The van der Waals surface area contributed by atoms with Crippen LogP contribution >= 0.6 is 0 Å². The third-order valence-electron chi connectivity index (χ3n) is 3.18. The van der Waals surface area contributed by atoms with Gasteiger partial charge >= 0.3 is 0 Å². The average Bonchev–Trinajstić information content (AvgIpc) is 2.01. The maximum absolute atomic E-state index is 2.68. The van der Waals surface area contributed by atoms with E-state index in [1.54, 1.807) is 0 Å². The average molecular weight is 153 g/mol. The van der Waals surface area contributed by atoms with Gasteiger partial charge < -0.3 is 0 Å². The smallest absolute Gasteiger partial charge is 0.00955 e. The Bertz CT molecular complexity index is 121. The summed E-state index contributed by atoms with van der Waals surface area (Å²) in [6.07, 6.45) is 7.41. The molecule has 11 heavy (non-hydrogen) atoms. The van der Waals surface area contributed by atoms with Gasteiger partial charge in [-0.3, -0.25) is 4.90 Å². The van der Waals surface area contributed by atoms with Gasteiger partial charge in [0.1, 0.15) is 0 Å². The van der Waals surface area contributed by atoms with Crippen LogP contribution < -0.4 is 0 Å². The molecule has 2 aliphatic rings. The first-order valence-electron chi connectivity index (χ1n) is 5.10. The molecule has 64 valence electrons. The molecule has 1 saturated carbocycles. The Hall–Kier alpha value is -0.0400. The molecule has 1 aliphatic heterocycles. The number of hydrogen-bond donors (Lipinski definition) is 0. The second-order valence-corrected chi connectivity index (χ2v) is 4.35. The van der Waals surface area contributed by atoms with Crippen LogP contribution in [0.15, 0.2) is 0 Å². The van der Waals surface area contributed by atoms with Crippen LogP contribution in [0.25, 0.3) is 0 Å². The lowest BCUT2D eigenvalue weighted by molar-refractivity contribution is 0.0440. The van der Waals surface area contributed by atoms with Crippen molar-refractivity contribution in [3.63, 3.8) is 0 Å². The van der Waals surface area contributed by atoms with Gasteiger partial charge in [0.25, 0.3) is 0 Å². The van der Waals surface area contributed by atoms with Gasteiger partial charge in [-0.1, -0.05) is 26.2 Å². The molecule has 0 amide bonds. The summed E-state index contributed by atoms with van der Waals surface area (Å²) in [5.74, 6) is 0.983. The largest absolute Gasteiger partial charge is 0.300 e. The second kappa shape index (κ2) is 3.14. The Morgan fingerprint density at radius 3 is 2.18 bits per heavy atom. The summed E-state index contributed by atoms with van der Waals surface area (Å²) < 4.78 is 0. The SMILES string of the molecule is CC1CN(C2CCCCC2)C1. The van der Waals surface area contributed by atoms with Gasteiger partial charge in [-0.25, -0.2) is 0 Å². The van der Waals surface area contributed by atoms with Crippen LogP contribution in [0, 0.1) is 5.92 Å². The number of nitrogens with zero attached hydrogens (tertiary/aromatic N) is 1. The van der Waals surface area contributed by atoms with E-state index in [0.29, 0.717) is 0 Å². The summed E-state index contributed by atoms with van der Waals surface area (Å²) in [5.41, 5.74) is 0. The first-order valence-corrected chi connectivity index (χ1v) is 5.10. The molecular weight excluding hydrogens is 134 g/mol. The van der Waals surface area contributed by atoms with Crippen molar-refractivity contribution in [2.24, 2.45) is 5.92 Å². The summed E-state index contributed by atoms with van der Waals surface area (Å²) in [4.78, 5) is 2.68. The highest BCUT2D eigenvalue weighted by Gasteiger charge is 2.29. The number of likely N-dealkylation sites (tertiary alicyclic amines) is 1. The van der Waals surface area contributed by atoms with E-state index in [9.17, 15) is 0 Å². The van der Waals surface area contributed by atoms with Crippen LogP contribution in [0.2, 0.25) is 0 Å². The van der Waals surface area contributed by atoms with E-state index in [2.05, 4.69) is 11.8 Å². The molecule has 0 unspecified atom stereocenters. The van der Waals surface area contributed by atoms with Crippen molar-refractivity contribution in [2.45, 2.75) is 45.1 Å². The molecule has 0 aromatic carbocycles. The first-order chi connectivity index (χ1) is 5.36. The highest BCUT2D eigenvalue weighted by atomic mass is 15.2. The zero-order valence-corrected chi connectivity index (χ0v) is 7.55. The first kappa shape index (κ1) is 7.60.